The highest BCUT2D eigenvalue weighted by atomic mass is 32.2. The van der Waals surface area contributed by atoms with Gasteiger partial charge in [0.25, 0.3) is 5.91 Å². The number of imide groups is 1. The standard InChI is InChI=1S/C25H30N4O3S/c1-16-9-11-20(12-10-16)29-22(30)14-21(24(29)32)28(19-7-5-4-6-8-19)23(31)15-33-25-26-17(2)13-18(3)27-25/h9-13,19,21H,4-8,14-15H2,1-3H3. The van der Waals surface area contributed by atoms with Gasteiger partial charge in [-0.15, -0.1) is 0 Å². The van der Waals surface area contributed by atoms with E-state index >= 15 is 0 Å². The van der Waals surface area contributed by atoms with Crippen LogP contribution in [0.3, 0.4) is 0 Å². The fourth-order valence-corrected chi connectivity index (χ4v) is 5.57. The fraction of sp³-hybridized carbons (Fsp3) is 0.480. The first-order chi connectivity index (χ1) is 15.8. The maximum Gasteiger partial charge on any atom is 0.257 e. The highest BCUT2D eigenvalue weighted by molar-refractivity contribution is 7.99. The number of nitrogens with zero attached hydrogens (tertiary/aromatic N) is 4. The second-order valence-electron chi connectivity index (χ2n) is 8.94. The highest BCUT2D eigenvalue weighted by Gasteiger charge is 2.46. The number of hydrogen-bond acceptors (Lipinski definition) is 6. The molecule has 0 radical (unpaired) electrons. The summed E-state index contributed by atoms with van der Waals surface area (Å²) in [6.45, 7) is 5.76. The molecule has 174 valence electrons. The number of thioether (sulfide) groups is 1. The zero-order chi connectivity index (χ0) is 23.5. The van der Waals surface area contributed by atoms with Crippen LogP contribution >= 0.6 is 11.8 Å². The second kappa shape index (κ2) is 10.0. The molecule has 1 unspecified atom stereocenters. The van der Waals surface area contributed by atoms with Crippen molar-refractivity contribution in [2.75, 3.05) is 10.7 Å². The van der Waals surface area contributed by atoms with Crippen molar-refractivity contribution in [3.8, 4) is 0 Å². The molecule has 3 amide bonds. The number of aryl methyl sites for hydroxylation is 3. The van der Waals surface area contributed by atoms with Gasteiger partial charge in [-0.2, -0.15) is 0 Å². The van der Waals surface area contributed by atoms with Gasteiger partial charge < -0.3 is 4.90 Å². The Morgan fingerprint density at radius 1 is 1.03 bits per heavy atom. The summed E-state index contributed by atoms with van der Waals surface area (Å²) in [5, 5.41) is 0.555. The molecule has 1 aliphatic heterocycles. The molecule has 1 saturated carbocycles. The van der Waals surface area contributed by atoms with Crippen LogP contribution in [0.25, 0.3) is 0 Å². The Labute approximate surface area is 199 Å². The van der Waals surface area contributed by atoms with Gasteiger partial charge in [-0.25, -0.2) is 14.9 Å². The Hall–Kier alpha value is -2.74. The van der Waals surface area contributed by atoms with Crippen LogP contribution in [0.5, 0.6) is 0 Å². The summed E-state index contributed by atoms with van der Waals surface area (Å²) >= 11 is 1.29. The summed E-state index contributed by atoms with van der Waals surface area (Å²) in [6, 6.07) is 8.45. The third-order valence-corrected chi connectivity index (χ3v) is 7.13. The Kier molecular flexibility index (Phi) is 7.12. The molecule has 0 bridgehead atoms. The SMILES string of the molecule is Cc1ccc(N2C(=O)CC(N(C(=O)CSc3nc(C)cc(C)n3)C3CCCCC3)C2=O)cc1. The summed E-state index contributed by atoms with van der Waals surface area (Å²) in [4.78, 5) is 51.6. The maximum atomic E-state index is 13.5. The lowest BCUT2D eigenvalue weighted by Gasteiger charge is -2.37. The first-order valence-corrected chi connectivity index (χ1v) is 12.5. The second-order valence-corrected chi connectivity index (χ2v) is 9.88. The van der Waals surface area contributed by atoms with Crippen LogP contribution in [0.4, 0.5) is 5.69 Å². The van der Waals surface area contributed by atoms with E-state index in [4.69, 9.17) is 0 Å². The average Bonchev–Trinajstić information content (AvgIpc) is 3.07. The molecule has 2 heterocycles. The van der Waals surface area contributed by atoms with Gasteiger partial charge >= 0.3 is 0 Å². The zero-order valence-corrected chi connectivity index (χ0v) is 20.2. The summed E-state index contributed by atoms with van der Waals surface area (Å²) in [6.07, 6.45) is 4.94. The number of rotatable bonds is 6. The third-order valence-electron chi connectivity index (χ3n) is 6.29. The van der Waals surface area contributed by atoms with Crippen LogP contribution in [0.1, 0.15) is 55.5 Å². The summed E-state index contributed by atoms with van der Waals surface area (Å²) < 4.78 is 0. The van der Waals surface area contributed by atoms with E-state index in [-0.39, 0.29) is 35.9 Å². The van der Waals surface area contributed by atoms with Gasteiger partial charge in [-0.1, -0.05) is 48.7 Å². The van der Waals surface area contributed by atoms with Crippen LogP contribution in [0.15, 0.2) is 35.5 Å². The van der Waals surface area contributed by atoms with E-state index in [1.54, 1.807) is 17.0 Å². The van der Waals surface area contributed by atoms with Crippen LogP contribution < -0.4 is 4.90 Å². The van der Waals surface area contributed by atoms with E-state index in [1.807, 2.05) is 39.0 Å². The summed E-state index contributed by atoms with van der Waals surface area (Å²) in [5.41, 5.74) is 3.32. The molecule has 2 aromatic rings. The number of aromatic nitrogens is 2. The van der Waals surface area contributed by atoms with Gasteiger partial charge in [-0.3, -0.25) is 14.4 Å². The van der Waals surface area contributed by atoms with Crippen LogP contribution in [0, 0.1) is 20.8 Å². The van der Waals surface area contributed by atoms with E-state index in [2.05, 4.69) is 9.97 Å². The predicted octanol–water partition coefficient (Wildman–Crippen LogP) is 3.99. The van der Waals surface area contributed by atoms with Gasteiger partial charge in [0.15, 0.2) is 5.16 Å². The van der Waals surface area contributed by atoms with Crippen LogP contribution in [0.2, 0.25) is 0 Å². The van der Waals surface area contributed by atoms with Crippen molar-refractivity contribution in [3.63, 3.8) is 0 Å². The van der Waals surface area contributed by atoms with E-state index in [9.17, 15) is 14.4 Å². The first kappa shape index (κ1) is 23.4. The molecule has 0 N–H and O–H groups in total. The topological polar surface area (TPSA) is 83.5 Å². The molecule has 33 heavy (non-hydrogen) atoms. The number of amides is 3. The smallest absolute Gasteiger partial charge is 0.257 e. The summed E-state index contributed by atoms with van der Waals surface area (Å²) in [7, 11) is 0. The lowest BCUT2D eigenvalue weighted by atomic mass is 9.92. The normalized spacial score (nSPS) is 19.2. The van der Waals surface area contributed by atoms with E-state index in [0.717, 1.165) is 49.1 Å². The molecular formula is C25H30N4O3S. The Morgan fingerprint density at radius 2 is 1.67 bits per heavy atom. The molecule has 1 saturated heterocycles. The maximum absolute atomic E-state index is 13.5. The van der Waals surface area contributed by atoms with Gasteiger partial charge in [0, 0.05) is 17.4 Å². The minimum absolute atomic E-state index is 0.0215. The van der Waals surface area contributed by atoms with Crippen molar-refractivity contribution < 1.29 is 14.4 Å². The third kappa shape index (κ3) is 5.27. The van der Waals surface area contributed by atoms with Crippen molar-refractivity contribution in [1.29, 1.82) is 0 Å². The van der Waals surface area contributed by atoms with E-state index in [0.29, 0.717) is 10.8 Å². The molecule has 1 aromatic heterocycles. The van der Waals surface area contributed by atoms with Crippen molar-refractivity contribution in [3.05, 3.63) is 47.3 Å². The minimum atomic E-state index is -0.754. The molecule has 0 spiro atoms. The number of carbonyl (C=O) groups is 3. The average molecular weight is 467 g/mol. The number of carbonyl (C=O) groups excluding carboxylic acids is 3. The molecule has 8 heteroatoms. The molecule has 4 rings (SSSR count). The number of benzene rings is 1. The van der Waals surface area contributed by atoms with Gasteiger partial charge in [0.2, 0.25) is 11.8 Å². The lowest BCUT2D eigenvalue weighted by Crippen LogP contribution is -2.52. The fourth-order valence-electron chi connectivity index (χ4n) is 4.75. The molecule has 1 aromatic carbocycles. The molecule has 1 aliphatic carbocycles. The molecule has 1 atom stereocenters. The number of hydrogen-bond donors (Lipinski definition) is 0. The zero-order valence-electron chi connectivity index (χ0n) is 19.4. The Balaban J connectivity index is 1.56. The monoisotopic (exact) mass is 466 g/mol. The highest BCUT2D eigenvalue weighted by Crippen LogP contribution is 2.32. The largest absolute Gasteiger partial charge is 0.326 e. The molecule has 2 fully saturated rings. The van der Waals surface area contributed by atoms with E-state index < -0.39 is 6.04 Å². The van der Waals surface area contributed by atoms with Crippen molar-refractivity contribution in [2.45, 2.75) is 76.5 Å². The minimum Gasteiger partial charge on any atom is -0.326 e. The molecule has 2 aliphatic rings. The van der Waals surface area contributed by atoms with E-state index in [1.165, 1.54) is 16.7 Å². The Morgan fingerprint density at radius 3 is 2.30 bits per heavy atom. The van der Waals surface area contributed by atoms with Gasteiger partial charge in [-0.05, 0) is 51.8 Å². The summed E-state index contributed by atoms with van der Waals surface area (Å²) in [5.74, 6) is -0.559. The first-order valence-electron chi connectivity index (χ1n) is 11.5. The quantitative estimate of drug-likeness (QED) is 0.364. The lowest BCUT2D eigenvalue weighted by molar-refractivity contribution is -0.139. The van der Waals surface area contributed by atoms with Crippen molar-refractivity contribution in [2.24, 2.45) is 0 Å². The Bertz CT molecular complexity index is 1030. The van der Waals surface area contributed by atoms with Crippen molar-refractivity contribution in [1.82, 2.24) is 14.9 Å². The van der Waals surface area contributed by atoms with Gasteiger partial charge in [0.1, 0.15) is 6.04 Å². The van der Waals surface area contributed by atoms with Gasteiger partial charge in [0.05, 0.1) is 17.9 Å². The van der Waals surface area contributed by atoms with Crippen molar-refractivity contribution >= 4 is 35.2 Å². The van der Waals surface area contributed by atoms with Crippen LogP contribution in [-0.2, 0) is 14.4 Å². The predicted molar refractivity (Wildman–Crippen MR) is 128 cm³/mol. The molecule has 7 nitrogen and oxygen atoms in total. The van der Waals surface area contributed by atoms with Crippen LogP contribution in [-0.4, -0.2) is 50.4 Å². The number of anilines is 1. The molecular weight excluding hydrogens is 436 g/mol.